The molecule has 2 aliphatic rings. The molecule has 8 nitrogen and oxygen atoms in total. The van der Waals surface area contributed by atoms with Crippen LogP contribution in [0.25, 0.3) is 16.0 Å². The summed E-state index contributed by atoms with van der Waals surface area (Å²) >= 11 is 7.45. The molecule has 1 aromatic heterocycles. The molecular weight excluding hydrogens is 564 g/mol. The first-order valence-electron chi connectivity index (χ1n) is 13.4. The van der Waals surface area contributed by atoms with E-state index in [0.717, 1.165) is 24.0 Å². The second-order valence-corrected chi connectivity index (χ2v) is 11.2. The maximum absolute atomic E-state index is 13.6. The zero-order chi connectivity index (χ0) is 28.5. The molecule has 1 amide bonds. The molecule has 0 spiro atoms. The molecule has 0 saturated carbocycles. The van der Waals surface area contributed by atoms with Crippen LogP contribution >= 0.6 is 22.9 Å². The number of hydrogen-bond acceptors (Lipinski definition) is 8. The van der Waals surface area contributed by atoms with Crippen LogP contribution in [0, 0.1) is 0 Å². The zero-order valence-electron chi connectivity index (χ0n) is 22.3. The molecule has 0 unspecified atom stereocenters. The summed E-state index contributed by atoms with van der Waals surface area (Å²) < 4.78 is 18.0. The van der Waals surface area contributed by atoms with Gasteiger partial charge in [0.15, 0.2) is 16.6 Å². The van der Waals surface area contributed by atoms with Gasteiger partial charge in [-0.15, -0.1) is 0 Å². The largest absolute Gasteiger partial charge is 0.507 e. The van der Waals surface area contributed by atoms with Gasteiger partial charge in [0.25, 0.3) is 5.78 Å². The van der Waals surface area contributed by atoms with Crippen molar-refractivity contribution in [2.45, 2.75) is 32.2 Å². The third kappa shape index (κ3) is 5.23. The van der Waals surface area contributed by atoms with Crippen LogP contribution in [0.5, 0.6) is 17.2 Å². The predicted molar refractivity (Wildman–Crippen MR) is 158 cm³/mol. The fourth-order valence-electron chi connectivity index (χ4n) is 5.00. The molecule has 210 valence electrons. The van der Waals surface area contributed by atoms with Gasteiger partial charge < -0.3 is 19.3 Å². The van der Waals surface area contributed by atoms with E-state index in [9.17, 15) is 14.7 Å². The number of ketones is 1. The summed E-state index contributed by atoms with van der Waals surface area (Å²) in [5.41, 5.74) is 1.54. The minimum atomic E-state index is -0.946. The van der Waals surface area contributed by atoms with Crippen LogP contribution in [0.2, 0.25) is 5.02 Å². The van der Waals surface area contributed by atoms with Crippen molar-refractivity contribution in [3.05, 3.63) is 82.4 Å². The van der Waals surface area contributed by atoms with Crippen molar-refractivity contribution in [2.24, 2.45) is 0 Å². The lowest BCUT2D eigenvalue weighted by Crippen LogP contribution is -2.29. The van der Waals surface area contributed by atoms with Crippen LogP contribution < -0.4 is 19.1 Å². The fraction of sp³-hybridized carbons (Fsp3) is 0.258. The standard InChI is InChI=1S/C31H27ClN2O6S/c1-2-3-4-12-38-21-7-5-6-18(15-21)27-26(28(35)19-8-11-23-24(16-19)40-14-13-39-23)29(36)30(37)34(27)31-33-22-10-9-20(32)17-25(22)41-31/h5-11,15-17,27,35H,2-4,12-14H2,1H3/b28-26+/t27-/m1/s1. The van der Waals surface area contributed by atoms with Gasteiger partial charge in [0.2, 0.25) is 0 Å². The summed E-state index contributed by atoms with van der Waals surface area (Å²) in [4.78, 5) is 33.3. The van der Waals surface area contributed by atoms with E-state index in [0.29, 0.717) is 63.9 Å². The molecule has 2 aliphatic heterocycles. The minimum Gasteiger partial charge on any atom is -0.507 e. The van der Waals surface area contributed by atoms with E-state index in [1.54, 1.807) is 42.5 Å². The molecule has 6 rings (SSSR count). The molecule has 10 heteroatoms. The van der Waals surface area contributed by atoms with Crippen LogP contribution in [-0.4, -0.2) is 41.6 Å². The fourth-order valence-corrected chi connectivity index (χ4v) is 6.27. The Bertz CT molecular complexity index is 1680. The van der Waals surface area contributed by atoms with Gasteiger partial charge in [-0.25, -0.2) is 4.98 Å². The number of nitrogens with zero attached hydrogens (tertiary/aromatic N) is 2. The Morgan fingerprint density at radius 2 is 1.90 bits per heavy atom. The van der Waals surface area contributed by atoms with Gasteiger partial charge >= 0.3 is 5.91 Å². The lowest BCUT2D eigenvalue weighted by atomic mass is 9.95. The number of amides is 1. The van der Waals surface area contributed by atoms with Crippen molar-refractivity contribution in [1.29, 1.82) is 0 Å². The number of carbonyl (C=O) groups is 2. The van der Waals surface area contributed by atoms with Gasteiger partial charge in [0.1, 0.15) is 24.7 Å². The van der Waals surface area contributed by atoms with E-state index >= 15 is 0 Å². The van der Waals surface area contributed by atoms with E-state index in [2.05, 4.69) is 11.9 Å². The van der Waals surface area contributed by atoms with Crippen molar-refractivity contribution in [1.82, 2.24) is 4.98 Å². The number of hydrogen-bond donors (Lipinski definition) is 1. The number of aliphatic hydroxyl groups excluding tert-OH is 1. The van der Waals surface area contributed by atoms with Gasteiger partial charge in [-0.1, -0.05) is 54.8 Å². The Morgan fingerprint density at radius 1 is 1.07 bits per heavy atom. The van der Waals surface area contributed by atoms with E-state index in [1.165, 1.54) is 16.2 Å². The summed E-state index contributed by atoms with van der Waals surface area (Å²) in [5.74, 6) is -0.296. The van der Waals surface area contributed by atoms with Gasteiger partial charge in [-0.2, -0.15) is 0 Å². The number of halogens is 1. The highest BCUT2D eigenvalue weighted by Crippen LogP contribution is 2.45. The monoisotopic (exact) mass is 590 g/mol. The number of aliphatic hydroxyl groups is 1. The first-order valence-corrected chi connectivity index (χ1v) is 14.6. The molecule has 3 aromatic carbocycles. The number of unbranched alkanes of at least 4 members (excludes halogenated alkanes) is 2. The summed E-state index contributed by atoms with van der Waals surface area (Å²) in [6.45, 7) is 3.47. The lowest BCUT2D eigenvalue weighted by molar-refractivity contribution is -0.132. The van der Waals surface area contributed by atoms with Gasteiger partial charge in [-0.05, 0) is 60.5 Å². The maximum Gasteiger partial charge on any atom is 0.301 e. The lowest BCUT2D eigenvalue weighted by Gasteiger charge is -2.24. The van der Waals surface area contributed by atoms with Crippen LogP contribution in [0.4, 0.5) is 5.13 Å². The van der Waals surface area contributed by atoms with E-state index in [4.69, 9.17) is 25.8 Å². The number of rotatable bonds is 8. The quantitative estimate of drug-likeness (QED) is 0.103. The first kappa shape index (κ1) is 27.1. The number of ether oxygens (including phenoxy) is 3. The Kier molecular flexibility index (Phi) is 7.55. The molecular formula is C31H27ClN2O6S. The highest BCUT2D eigenvalue weighted by atomic mass is 35.5. The number of fused-ring (bicyclic) bond motifs is 2. The van der Waals surface area contributed by atoms with Gasteiger partial charge in [0.05, 0.1) is 28.4 Å². The second-order valence-electron chi connectivity index (χ2n) is 9.76. The van der Waals surface area contributed by atoms with Gasteiger partial charge in [-0.3, -0.25) is 14.5 Å². The average molecular weight is 591 g/mol. The average Bonchev–Trinajstić information content (AvgIpc) is 3.52. The van der Waals surface area contributed by atoms with Crippen molar-refractivity contribution >= 4 is 55.7 Å². The smallest absolute Gasteiger partial charge is 0.301 e. The Labute approximate surface area is 245 Å². The molecule has 0 bridgehead atoms. The Hall–Kier alpha value is -4.08. The number of benzene rings is 3. The molecule has 1 atom stereocenters. The van der Waals surface area contributed by atoms with Crippen LogP contribution in [0.3, 0.4) is 0 Å². The molecule has 0 aliphatic carbocycles. The van der Waals surface area contributed by atoms with Gasteiger partial charge in [0, 0.05) is 10.6 Å². The molecule has 4 aromatic rings. The number of anilines is 1. The van der Waals surface area contributed by atoms with Crippen LogP contribution in [0.1, 0.15) is 43.4 Å². The Morgan fingerprint density at radius 3 is 2.73 bits per heavy atom. The third-order valence-corrected chi connectivity index (χ3v) is 8.25. The van der Waals surface area contributed by atoms with E-state index in [1.807, 2.05) is 18.2 Å². The van der Waals surface area contributed by atoms with Crippen LogP contribution in [-0.2, 0) is 9.59 Å². The molecule has 3 heterocycles. The number of Topliss-reactive ketones (excluding diaryl/α,β-unsaturated/α-hetero) is 1. The predicted octanol–water partition coefficient (Wildman–Crippen LogP) is 6.92. The Balaban J connectivity index is 1.48. The molecule has 1 N–H and O–H groups in total. The molecule has 1 saturated heterocycles. The maximum atomic E-state index is 13.6. The molecule has 1 fully saturated rings. The van der Waals surface area contributed by atoms with E-state index < -0.39 is 17.7 Å². The number of aromatic nitrogens is 1. The summed E-state index contributed by atoms with van der Waals surface area (Å²) in [6.07, 6.45) is 3.04. The van der Waals surface area contributed by atoms with Crippen molar-refractivity contribution in [3.8, 4) is 17.2 Å². The molecule has 41 heavy (non-hydrogen) atoms. The number of thiazole rings is 1. The zero-order valence-corrected chi connectivity index (χ0v) is 23.8. The topological polar surface area (TPSA) is 98.2 Å². The third-order valence-electron chi connectivity index (χ3n) is 7.00. The highest BCUT2D eigenvalue weighted by molar-refractivity contribution is 7.22. The SMILES string of the molecule is CCCCCOc1cccc([C@@H]2/C(=C(\O)c3ccc4c(c3)OCCO4)C(=O)C(=O)N2c2nc3ccc(Cl)cc3s2)c1. The van der Waals surface area contributed by atoms with E-state index in [-0.39, 0.29) is 11.3 Å². The summed E-state index contributed by atoms with van der Waals surface area (Å²) in [7, 11) is 0. The van der Waals surface area contributed by atoms with Crippen molar-refractivity contribution in [2.75, 3.05) is 24.7 Å². The second kappa shape index (κ2) is 11.4. The number of carbonyl (C=O) groups excluding carboxylic acids is 2. The highest BCUT2D eigenvalue weighted by Gasteiger charge is 2.48. The van der Waals surface area contributed by atoms with Crippen molar-refractivity contribution < 1.29 is 28.9 Å². The first-order chi connectivity index (χ1) is 19.9. The summed E-state index contributed by atoms with van der Waals surface area (Å²) in [6, 6.07) is 16.5. The minimum absolute atomic E-state index is 0.0490. The molecule has 0 radical (unpaired) electrons. The summed E-state index contributed by atoms with van der Waals surface area (Å²) in [5, 5.41) is 12.4. The normalized spacial score (nSPS) is 17.8. The van der Waals surface area contributed by atoms with Crippen LogP contribution in [0.15, 0.2) is 66.2 Å². The van der Waals surface area contributed by atoms with Crippen molar-refractivity contribution in [3.63, 3.8) is 0 Å².